The van der Waals surface area contributed by atoms with Crippen LogP contribution in [0.1, 0.15) is 9.88 Å². The Balaban J connectivity index is 2.02. The maximum absolute atomic E-state index is 4.31. The number of thiazole rings is 1. The molecule has 0 atom stereocenters. The maximum Gasteiger partial charge on any atom is 0.168 e. The summed E-state index contributed by atoms with van der Waals surface area (Å²) in [6, 6.07) is 0. The van der Waals surface area contributed by atoms with Crippen molar-refractivity contribution in [3.8, 4) is 0 Å². The predicted octanol–water partition coefficient (Wildman–Crippen LogP) is 2.02. The molecule has 0 unspecified atom stereocenters. The number of aliphatic imine (C=N–C) groups is 1. The molecule has 5 heteroatoms. The highest BCUT2D eigenvalue weighted by Crippen LogP contribution is 2.16. The molecule has 0 saturated heterocycles. The van der Waals surface area contributed by atoms with Crippen LogP contribution in [0.15, 0.2) is 11.2 Å². The van der Waals surface area contributed by atoms with Crippen molar-refractivity contribution in [1.82, 2.24) is 9.88 Å². The van der Waals surface area contributed by atoms with E-state index < -0.39 is 0 Å². The fourth-order valence-electron chi connectivity index (χ4n) is 1.24. The summed E-state index contributed by atoms with van der Waals surface area (Å²) in [7, 11) is 0. The number of amidine groups is 1. The SMILES string of the molecule is Cc1cnc(CN2CCN=C2Br)s1. The van der Waals surface area contributed by atoms with Gasteiger partial charge in [0, 0.05) is 17.6 Å². The average molecular weight is 260 g/mol. The van der Waals surface area contributed by atoms with E-state index in [9.17, 15) is 0 Å². The van der Waals surface area contributed by atoms with Crippen molar-refractivity contribution in [3.63, 3.8) is 0 Å². The van der Waals surface area contributed by atoms with E-state index in [4.69, 9.17) is 0 Å². The molecule has 0 spiro atoms. The molecule has 2 heterocycles. The lowest BCUT2D eigenvalue weighted by molar-refractivity contribution is 0.459. The molecular weight excluding hydrogens is 250 g/mol. The monoisotopic (exact) mass is 259 g/mol. The molecule has 1 aromatic rings. The minimum Gasteiger partial charge on any atom is -0.342 e. The van der Waals surface area contributed by atoms with Gasteiger partial charge < -0.3 is 4.90 Å². The summed E-state index contributed by atoms with van der Waals surface area (Å²) in [6.07, 6.45) is 1.92. The fraction of sp³-hybridized carbons (Fsp3) is 0.500. The topological polar surface area (TPSA) is 28.5 Å². The third-order valence-electron chi connectivity index (χ3n) is 1.87. The summed E-state index contributed by atoms with van der Waals surface area (Å²) in [4.78, 5) is 12.0. The molecule has 13 heavy (non-hydrogen) atoms. The lowest BCUT2D eigenvalue weighted by atomic mass is 10.5. The highest BCUT2D eigenvalue weighted by atomic mass is 79.9. The van der Waals surface area contributed by atoms with Crippen molar-refractivity contribution in [3.05, 3.63) is 16.1 Å². The summed E-state index contributed by atoms with van der Waals surface area (Å²) in [5, 5.41) is 1.16. The molecule has 2 rings (SSSR count). The normalized spacial score (nSPS) is 16.5. The first-order valence-electron chi connectivity index (χ1n) is 4.12. The van der Waals surface area contributed by atoms with Crippen LogP contribution in [0.5, 0.6) is 0 Å². The first kappa shape index (κ1) is 9.15. The van der Waals surface area contributed by atoms with E-state index >= 15 is 0 Å². The molecule has 1 aliphatic rings. The Morgan fingerprint density at radius 1 is 1.69 bits per heavy atom. The zero-order valence-electron chi connectivity index (χ0n) is 7.33. The second-order valence-electron chi connectivity index (χ2n) is 2.94. The van der Waals surface area contributed by atoms with Gasteiger partial charge >= 0.3 is 0 Å². The zero-order chi connectivity index (χ0) is 9.26. The number of rotatable bonds is 2. The predicted molar refractivity (Wildman–Crippen MR) is 58.5 cm³/mol. The van der Waals surface area contributed by atoms with Crippen LogP contribution in [0.3, 0.4) is 0 Å². The number of halogens is 1. The van der Waals surface area contributed by atoms with Gasteiger partial charge in [-0.2, -0.15) is 0 Å². The summed E-state index contributed by atoms with van der Waals surface area (Å²) in [5.74, 6) is 0. The Hall–Kier alpha value is -0.420. The van der Waals surface area contributed by atoms with Gasteiger partial charge in [0.1, 0.15) is 5.01 Å². The van der Waals surface area contributed by atoms with Gasteiger partial charge in [-0.25, -0.2) is 4.98 Å². The van der Waals surface area contributed by atoms with Crippen LogP contribution < -0.4 is 0 Å². The summed E-state index contributed by atoms with van der Waals surface area (Å²) >= 11 is 5.17. The summed E-state index contributed by atoms with van der Waals surface area (Å²) in [5.41, 5.74) is 0. The smallest absolute Gasteiger partial charge is 0.168 e. The van der Waals surface area contributed by atoms with Gasteiger partial charge in [0.2, 0.25) is 0 Å². The minimum absolute atomic E-state index is 0.878. The van der Waals surface area contributed by atoms with E-state index in [1.54, 1.807) is 11.3 Å². The third-order valence-corrected chi connectivity index (χ3v) is 3.52. The van der Waals surface area contributed by atoms with E-state index in [0.717, 1.165) is 29.4 Å². The highest BCUT2D eigenvalue weighted by Gasteiger charge is 2.15. The standard InChI is InChI=1S/C8H10BrN3S/c1-6-4-11-7(13-6)5-12-3-2-10-8(12)9/h4H,2-3,5H2,1H3. The van der Waals surface area contributed by atoms with Crippen molar-refractivity contribution < 1.29 is 0 Å². The van der Waals surface area contributed by atoms with Crippen LogP contribution in [-0.4, -0.2) is 27.7 Å². The van der Waals surface area contributed by atoms with Crippen molar-refractivity contribution in [2.45, 2.75) is 13.5 Å². The zero-order valence-corrected chi connectivity index (χ0v) is 9.73. The number of hydrogen-bond acceptors (Lipinski definition) is 4. The lowest BCUT2D eigenvalue weighted by Gasteiger charge is -2.14. The molecule has 0 fully saturated rings. The molecule has 0 amide bonds. The molecule has 0 aromatic carbocycles. The van der Waals surface area contributed by atoms with Crippen LogP contribution in [0.4, 0.5) is 0 Å². The first-order chi connectivity index (χ1) is 6.25. The van der Waals surface area contributed by atoms with Gasteiger partial charge in [-0.1, -0.05) is 0 Å². The van der Waals surface area contributed by atoms with E-state index in [1.165, 1.54) is 4.88 Å². The molecule has 0 N–H and O–H groups in total. The summed E-state index contributed by atoms with van der Waals surface area (Å²) in [6.45, 7) is 4.85. The molecular formula is C8H10BrN3S. The fourth-order valence-corrected chi connectivity index (χ4v) is 2.52. The van der Waals surface area contributed by atoms with Crippen LogP contribution in [-0.2, 0) is 6.54 Å². The van der Waals surface area contributed by atoms with Gasteiger partial charge in [0.15, 0.2) is 4.74 Å². The van der Waals surface area contributed by atoms with Crippen molar-refractivity contribution in [2.75, 3.05) is 13.1 Å². The van der Waals surface area contributed by atoms with Gasteiger partial charge in [0.25, 0.3) is 0 Å². The van der Waals surface area contributed by atoms with Crippen molar-refractivity contribution >= 4 is 32.0 Å². The van der Waals surface area contributed by atoms with E-state index in [1.807, 2.05) is 6.20 Å². The quantitative estimate of drug-likeness (QED) is 0.761. The minimum atomic E-state index is 0.878. The number of aryl methyl sites for hydroxylation is 1. The Kier molecular flexibility index (Phi) is 2.64. The largest absolute Gasteiger partial charge is 0.342 e. The molecule has 1 aromatic heterocycles. The molecule has 0 saturated carbocycles. The molecule has 0 bridgehead atoms. The van der Waals surface area contributed by atoms with Crippen molar-refractivity contribution in [2.24, 2.45) is 4.99 Å². The maximum atomic E-state index is 4.31. The molecule has 0 radical (unpaired) electrons. The number of nitrogens with zero attached hydrogens (tertiary/aromatic N) is 3. The number of hydrogen-bond donors (Lipinski definition) is 0. The van der Waals surface area contributed by atoms with Gasteiger partial charge in [-0.3, -0.25) is 4.99 Å². The Labute approximate surface area is 89.6 Å². The van der Waals surface area contributed by atoms with Gasteiger partial charge in [-0.05, 0) is 22.9 Å². The second-order valence-corrected chi connectivity index (χ2v) is 4.97. The molecule has 1 aliphatic heterocycles. The van der Waals surface area contributed by atoms with Crippen LogP contribution in [0.2, 0.25) is 0 Å². The van der Waals surface area contributed by atoms with Crippen LogP contribution >= 0.6 is 27.3 Å². The first-order valence-corrected chi connectivity index (χ1v) is 5.73. The number of aromatic nitrogens is 1. The second kappa shape index (κ2) is 3.75. The van der Waals surface area contributed by atoms with E-state index in [0.29, 0.717) is 0 Å². The Bertz CT molecular complexity index is 334. The molecule has 3 nitrogen and oxygen atoms in total. The van der Waals surface area contributed by atoms with Crippen LogP contribution in [0.25, 0.3) is 0 Å². The van der Waals surface area contributed by atoms with E-state index in [2.05, 4.69) is 37.7 Å². The lowest BCUT2D eigenvalue weighted by Crippen LogP contribution is -2.23. The average Bonchev–Trinajstić information content (AvgIpc) is 2.64. The van der Waals surface area contributed by atoms with E-state index in [-0.39, 0.29) is 0 Å². The Morgan fingerprint density at radius 2 is 2.54 bits per heavy atom. The Morgan fingerprint density at radius 3 is 3.08 bits per heavy atom. The third kappa shape index (κ3) is 2.08. The van der Waals surface area contributed by atoms with Crippen molar-refractivity contribution in [1.29, 1.82) is 0 Å². The van der Waals surface area contributed by atoms with Gasteiger partial charge in [0.05, 0.1) is 13.1 Å². The molecule has 70 valence electrons. The summed E-state index contributed by atoms with van der Waals surface area (Å²) < 4.78 is 0.959. The van der Waals surface area contributed by atoms with Crippen LogP contribution in [0, 0.1) is 6.92 Å². The van der Waals surface area contributed by atoms with Gasteiger partial charge in [-0.15, -0.1) is 11.3 Å². The highest BCUT2D eigenvalue weighted by molar-refractivity contribution is 9.18. The molecule has 0 aliphatic carbocycles.